The molecule has 2 aromatic rings. The van der Waals surface area contributed by atoms with Gasteiger partial charge in [0.15, 0.2) is 5.65 Å². The predicted molar refractivity (Wildman–Crippen MR) is 99.0 cm³/mol. The van der Waals surface area contributed by atoms with Crippen LogP contribution in [0.25, 0.3) is 11.0 Å². The molecule has 2 unspecified atom stereocenters. The molecule has 0 spiro atoms. The molecule has 25 heavy (non-hydrogen) atoms. The maximum atomic E-state index is 14.4. The van der Waals surface area contributed by atoms with Gasteiger partial charge in [-0.15, -0.1) is 0 Å². The average molecular weight is 462 g/mol. The Morgan fingerprint density at radius 1 is 1.44 bits per heavy atom. The van der Waals surface area contributed by atoms with Gasteiger partial charge in [0.1, 0.15) is 22.0 Å². The number of amides is 1. The van der Waals surface area contributed by atoms with Crippen molar-refractivity contribution in [1.82, 2.24) is 24.6 Å². The summed E-state index contributed by atoms with van der Waals surface area (Å²) in [5.41, 5.74) is 6.02. The van der Waals surface area contributed by atoms with Crippen molar-refractivity contribution in [3.8, 4) is 0 Å². The fraction of sp³-hybridized carbons (Fsp3) is 0.600. The van der Waals surface area contributed by atoms with Crippen molar-refractivity contribution in [3.05, 3.63) is 10.0 Å². The lowest BCUT2D eigenvalue weighted by Crippen LogP contribution is -2.57. The number of nitrogens with zero attached hydrogens (tertiary/aromatic N) is 5. The Morgan fingerprint density at radius 2 is 2.12 bits per heavy atom. The van der Waals surface area contributed by atoms with Gasteiger partial charge in [-0.05, 0) is 28.0 Å². The summed E-state index contributed by atoms with van der Waals surface area (Å²) in [6, 6.07) is -0.938. The summed E-state index contributed by atoms with van der Waals surface area (Å²) in [6.07, 6.45) is -0.894. The van der Waals surface area contributed by atoms with Crippen molar-refractivity contribution >= 4 is 45.5 Å². The molecule has 3 atom stereocenters. The van der Waals surface area contributed by atoms with Crippen molar-refractivity contribution in [2.45, 2.75) is 45.4 Å². The molecule has 0 aliphatic carbocycles. The van der Waals surface area contributed by atoms with E-state index in [9.17, 15) is 14.3 Å². The fourth-order valence-corrected chi connectivity index (χ4v) is 4.41. The monoisotopic (exact) mass is 462 g/mol. The molecule has 3 heterocycles. The number of aromatic nitrogens is 4. The maximum absolute atomic E-state index is 14.4. The highest BCUT2D eigenvalue weighted by molar-refractivity contribution is 14.1. The molecule has 1 saturated heterocycles. The van der Waals surface area contributed by atoms with Crippen LogP contribution in [0.4, 0.5) is 15.0 Å². The van der Waals surface area contributed by atoms with Crippen LogP contribution in [0.3, 0.4) is 0 Å². The van der Waals surface area contributed by atoms with Crippen LogP contribution >= 0.6 is 22.6 Å². The maximum Gasteiger partial charge on any atom is 0.407 e. The van der Waals surface area contributed by atoms with E-state index in [1.165, 1.54) is 11.2 Å². The minimum Gasteiger partial charge on any atom is -0.465 e. The third kappa shape index (κ3) is 3.11. The normalized spacial score (nSPS) is 24.7. The van der Waals surface area contributed by atoms with E-state index in [2.05, 4.69) is 15.1 Å². The van der Waals surface area contributed by atoms with Gasteiger partial charge in [-0.3, -0.25) is 4.90 Å². The number of halogens is 2. The Balaban J connectivity index is 2.19. The number of alkyl halides is 1. The number of nitrogens with two attached hydrogens (primary N) is 1. The summed E-state index contributed by atoms with van der Waals surface area (Å²) < 4.78 is 16.6. The second kappa shape index (κ2) is 6.22. The first-order valence-electron chi connectivity index (χ1n) is 7.89. The number of nitrogen functional groups attached to an aromatic ring is 1. The van der Waals surface area contributed by atoms with Crippen LogP contribution < -0.4 is 5.73 Å². The second-order valence-electron chi connectivity index (χ2n) is 7.34. The first-order valence-corrected chi connectivity index (χ1v) is 8.97. The molecule has 0 aromatic carbocycles. The number of likely N-dealkylation sites (tertiary alicyclic amines) is 1. The smallest absolute Gasteiger partial charge is 0.407 e. The summed E-state index contributed by atoms with van der Waals surface area (Å²) in [7, 11) is 0. The van der Waals surface area contributed by atoms with Crippen molar-refractivity contribution in [2.75, 3.05) is 12.3 Å². The van der Waals surface area contributed by atoms with Crippen molar-refractivity contribution < 1.29 is 14.3 Å². The number of hydrogen-bond donors (Lipinski definition) is 2. The molecule has 0 saturated carbocycles. The Morgan fingerprint density at radius 3 is 2.72 bits per heavy atom. The highest BCUT2D eigenvalue weighted by Crippen LogP contribution is 2.41. The zero-order valence-electron chi connectivity index (χ0n) is 14.1. The molecule has 0 bridgehead atoms. The minimum atomic E-state index is -1.27. The summed E-state index contributed by atoms with van der Waals surface area (Å²) in [6.45, 7) is 5.69. The molecule has 1 amide bonds. The molecule has 1 fully saturated rings. The minimum absolute atomic E-state index is 0.138. The van der Waals surface area contributed by atoms with Gasteiger partial charge in [-0.1, -0.05) is 20.8 Å². The molecule has 0 radical (unpaired) electrons. The Bertz CT molecular complexity index is 820. The van der Waals surface area contributed by atoms with Crippen LogP contribution in [0.5, 0.6) is 0 Å². The number of fused-ring (bicyclic) bond motifs is 1. The molecule has 3 N–H and O–H groups in total. The first kappa shape index (κ1) is 18.1. The van der Waals surface area contributed by atoms with E-state index in [1.807, 2.05) is 43.4 Å². The molecule has 136 valence electrons. The zero-order valence-corrected chi connectivity index (χ0v) is 16.3. The number of rotatable bonds is 1. The van der Waals surface area contributed by atoms with Gasteiger partial charge in [0, 0.05) is 6.42 Å². The Kier molecular flexibility index (Phi) is 4.50. The van der Waals surface area contributed by atoms with Crippen molar-refractivity contribution in [3.63, 3.8) is 0 Å². The third-order valence-corrected chi connectivity index (χ3v) is 5.27. The first-order chi connectivity index (χ1) is 11.6. The van der Waals surface area contributed by atoms with Crippen molar-refractivity contribution in [1.29, 1.82) is 0 Å². The lowest BCUT2D eigenvalue weighted by molar-refractivity contribution is -0.00522. The highest BCUT2D eigenvalue weighted by atomic mass is 127. The zero-order chi connectivity index (χ0) is 18.5. The molecular weight excluding hydrogens is 442 g/mol. The van der Waals surface area contributed by atoms with E-state index >= 15 is 0 Å². The van der Waals surface area contributed by atoms with E-state index in [4.69, 9.17) is 5.73 Å². The predicted octanol–water partition coefficient (Wildman–Crippen LogP) is 2.69. The van der Waals surface area contributed by atoms with E-state index < -0.39 is 29.8 Å². The van der Waals surface area contributed by atoms with Gasteiger partial charge < -0.3 is 10.8 Å². The van der Waals surface area contributed by atoms with Gasteiger partial charge in [-0.2, -0.15) is 5.10 Å². The van der Waals surface area contributed by atoms with Crippen LogP contribution in [0, 0.1) is 9.12 Å². The third-order valence-electron chi connectivity index (χ3n) is 4.51. The number of hydrogen-bond acceptors (Lipinski definition) is 5. The van der Waals surface area contributed by atoms with Crippen molar-refractivity contribution in [2.24, 2.45) is 5.41 Å². The molecule has 2 aromatic heterocycles. The highest BCUT2D eigenvalue weighted by Gasteiger charge is 2.46. The summed E-state index contributed by atoms with van der Waals surface area (Å²) >= 11 is 2.04. The van der Waals surface area contributed by atoms with Gasteiger partial charge in [0.25, 0.3) is 0 Å². The van der Waals surface area contributed by atoms with Crippen LogP contribution in [0.15, 0.2) is 6.33 Å². The number of carboxylic acid groups (broad SMARTS) is 1. The average Bonchev–Trinajstić information content (AvgIpc) is 2.83. The summed E-state index contributed by atoms with van der Waals surface area (Å²) in [4.78, 5) is 21.2. The van der Waals surface area contributed by atoms with E-state index in [0.29, 0.717) is 20.6 Å². The summed E-state index contributed by atoms with van der Waals surface area (Å²) in [5.74, 6) is 0.302. The van der Waals surface area contributed by atoms with Crippen LogP contribution in [-0.2, 0) is 0 Å². The topological polar surface area (TPSA) is 110 Å². The molecule has 8 nitrogen and oxygen atoms in total. The van der Waals surface area contributed by atoms with Gasteiger partial charge in [0.2, 0.25) is 0 Å². The number of anilines is 1. The molecule has 3 rings (SSSR count). The van der Waals surface area contributed by atoms with Gasteiger partial charge in [0.05, 0.1) is 24.0 Å². The summed E-state index contributed by atoms with van der Waals surface area (Å²) in [5, 5.41) is 14.7. The van der Waals surface area contributed by atoms with Crippen LogP contribution in [-0.4, -0.2) is 54.6 Å². The van der Waals surface area contributed by atoms with Crippen LogP contribution in [0.1, 0.15) is 33.2 Å². The largest absolute Gasteiger partial charge is 0.465 e. The quantitative estimate of drug-likeness (QED) is 0.631. The molecule has 1 aliphatic heterocycles. The van der Waals surface area contributed by atoms with E-state index in [-0.39, 0.29) is 13.0 Å². The van der Waals surface area contributed by atoms with Gasteiger partial charge >= 0.3 is 6.09 Å². The van der Waals surface area contributed by atoms with E-state index in [0.717, 1.165) is 0 Å². The van der Waals surface area contributed by atoms with E-state index in [1.54, 1.807) is 4.68 Å². The lowest BCUT2D eigenvalue weighted by atomic mass is 9.77. The fourth-order valence-electron chi connectivity index (χ4n) is 3.66. The molecule has 1 aliphatic rings. The van der Waals surface area contributed by atoms with Crippen LogP contribution in [0.2, 0.25) is 0 Å². The standard InChI is InChI=1S/C15H20FIN6O2/c1-15(2,3)10-8(4-7(16)5-22(10)14(24)25)23-13-9(11(17)21-23)12(18)19-6-20-13/h6-8,10H,4-5H2,1-3H3,(H,24,25)(H2,18,19,20)/t7?,8-,10?/m1/s1. The molecular formula is C15H20FIN6O2. The lowest BCUT2D eigenvalue weighted by Gasteiger charge is -2.47. The Labute approximate surface area is 157 Å². The number of carbonyl (C=O) groups is 1. The Hall–Kier alpha value is -1.72. The van der Waals surface area contributed by atoms with Gasteiger partial charge in [-0.25, -0.2) is 23.8 Å². The second-order valence-corrected chi connectivity index (χ2v) is 8.36. The number of piperidine rings is 1. The molecule has 10 heteroatoms. The SMILES string of the molecule is CC(C)(C)C1[C@H](n2nc(I)c3c(N)ncnc32)CC(F)CN1C(=O)O.